The molecule has 0 aromatic heterocycles. The van der Waals surface area contributed by atoms with E-state index in [0.717, 1.165) is 44.9 Å². The monoisotopic (exact) mass is 959 g/mol. The van der Waals surface area contributed by atoms with Crippen molar-refractivity contribution in [3.63, 3.8) is 0 Å². The molecule has 3 N–H and O–H groups in total. The number of carbonyl (C=O) groups excluding carboxylic acids is 8. The number of unbranched alkanes of at least 4 members (excludes halogenated alkanes) is 13. The third kappa shape index (κ3) is 41.7. The second-order valence-electron chi connectivity index (χ2n) is 18.3. The maximum Gasteiger partial charge on any atom is 0.358 e. The van der Waals surface area contributed by atoms with Crippen LogP contribution in [0.5, 0.6) is 0 Å². The summed E-state index contributed by atoms with van der Waals surface area (Å²) in [6, 6.07) is -0.947. The Morgan fingerprint density at radius 1 is 0.507 bits per heavy atom. The molecule has 5 amide bonds. The van der Waals surface area contributed by atoms with E-state index in [1.807, 2.05) is 20.8 Å². The number of amides is 5. The standard InChI is InChI=1S/C48H86N4O15/c1-8-23-43(57)52(38-53)67-45(59)37-64-35-33-62-31-29-50-42(56)36-63-34-32-61-30-28-49-40(54)27-26-39(46(60)66-48(5,6)7)51-41(55)24-21-19-17-15-13-11-9-10-12-14-16-18-20-22-25-44(58)65-47(2,3)4/h38-39H,8-37H2,1-7H3,(H,49,54)(H,50,56)(H,51,55). The summed E-state index contributed by atoms with van der Waals surface area (Å²) in [6.45, 7) is 13.3. The molecule has 0 spiro atoms. The minimum absolute atomic E-state index is 0.000734. The van der Waals surface area contributed by atoms with Crippen LogP contribution in [0, 0.1) is 0 Å². The second-order valence-corrected chi connectivity index (χ2v) is 18.3. The molecular weight excluding hydrogens is 873 g/mol. The van der Waals surface area contributed by atoms with E-state index in [0.29, 0.717) is 24.3 Å². The van der Waals surface area contributed by atoms with Crippen molar-refractivity contribution >= 4 is 47.9 Å². The van der Waals surface area contributed by atoms with Crippen LogP contribution in [0.4, 0.5) is 0 Å². The predicted molar refractivity (Wildman–Crippen MR) is 250 cm³/mol. The minimum atomic E-state index is -0.947. The summed E-state index contributed by atoms with van der Waals surface area (Å²) in [5.41, 5.74) is -1.17. The SMILES string of the molecule is CCCC(=O)N(C=O)OC(=O)COCCOCCNC(=O)COCCOCCNC(=O)CCC(NC(=O)CCCCCCCCCCCCCCCCC(=O)OC(C)(C)C)C(=O)OC(C)(C)C. The number of nitrogens with one attached hydrogen (secondary N) is 3. The molecule has 0 aliphatic carbocycles. The fraction of sp³-hybridized carbons (Fsp3) is 0.833. The van der Waals surface area contributed by atoms with Gasteiger partial charge in [0.05, 0.1) is 39.6 Å². The molecule has 67 heavy (non-hydrogen) atoms. The molecular formula is C48H86N4O15. The molecule has 1 unspecified atom stereocenters. The van der Waals surface area contributed by atoms with E-state index in [1.165, 1.54) is 44.9 Å². The number of hydroxylamine groups is 2. The van der Waals surface area contributed by atoms with Crippen molar-refractivity contribution in [3.8, 4) is 0 Å². The first-order valence-corrected chi connectivity index (χ1v) is 24.4. The number of hydrogen-bond acceptors (Lipinski definition) is 15. The van der Waals surface area contributed by atoms with Gasteiger partial charge in [0, 0.05) is 38.8 Å². The fourth-order valence-corrected chi connectivity index (χ4v) is 6.25. The van der Waals surface area contributed by atoms with E-state index < -0.39 is 41.7 Å². The fourth-order valence-electron chi connectivity index (χ4n) is 6.25. The van der Waals surface area contributed by atoms with Crippen molar-refractivity contribution in [1.29, 1.82) is 0 Å². The van der Waals surface area contributed by atoms with Crippen molar-refractivity contribution in [2.24, 2.45) is 0 Å². The molecule has 0 aromatic rings. The van der Waals surface area contributed by atoms with Crippen molar-refractivity contribution in [3.05, 3.63) is 0 Å². The highest BCUT2D eigenvalue weighted by Gasteiger charge is 2.27. The molecule has 0 fully saturated rings. The Morgan fingerprint density at radius 3 is 1.46 bits per heavy atom. The zero-order valence-electron chi connectivity index (χ0n) is 41.9. The number of esters is 2. The van der Waals surface area contributed by atoms with Crippen LogP contribution in [0.15, 0.2) is 0 Å². The lowest BCUT2D eigenvalue weighted by Gasteiger charge is -2.24. The Balaban J connectivity index is 4.01. The van der Waals surface area contributed by atoms with Crippen molar-refractivity contribution < 1.29 is 71.6 Å². The summed E-state index contributed by atoms with van der Waals surface area (Å²) in [5, 5.41) is 8.48. The Morgan fingerprint density at radius 2 is 0.970 bits per heavy atom. The van der Waals surface area contributed by atoms with Gasteiger partial charge < -0.3 is 49.2 Å². The van der Waals surface area contributed by atoms with Crippen LogP contribution < -0.4 is 16.0 Å². The van der Waals surface area contributed by atoms with Gasteiger partial charge in [-0.3, -0.25) is 28.8 Å². The molecule has 0 aliphatic heterocycles. The predicted octanol–water partition coefficient (Wildman–Crippen LogP) is 5.72. The van der Waals surface area contributed by atoms with E-state index in [4.69, 9.17) is 28.4 Å². The molecule has 0 saturated carbocycles. The molecule has 0 aromatic carbocycles. The van der Waals surface area contributed by atoms with Gasteiger partial charge in [0.15, 0.2) is 0 Å². The summed E-state index contributed by atoms with van der Waals surface area (Å²) in [5.74, 6) is -3.12. The maximum atomic E-state index is 12.9. The largest absolute Gasteiger partial charge is 0.460 e. The zero-order valence-corrected chi connectivity index (χ0v) is 41.9. The smallest absolute Gasteiger partial charge is 0.358 e. The quantitative estimate of drug-likeness (QED) is 0.0288. The van der Waals surface area contributed by atoms with Crippen molar-refractivity contribution in [1.82, 2.24) is 21.0 Å². The number of rotatable bonds is 41. The lowest BCUT2D eigenvalue weighted by atomic mass is 10.0. The summed E-state index contributed by atoms with van der Waals surface area (Å²) >= 11 is 0. The minimum Gasteiger partial charge on any atom is -0.460 e. The van der Waals surface area contributed by atoms with Crippen molar-refractivity contribution in [2.75, 3.05) is 65.9 Å². The van der Waals surface area contributed by atoms with Gasteiger partial charge in [-0.25, -0.2) is 9.59 Å². The Hall–Kier alpha value is -4.20. The highest BCUT2D eigenvalue weighted by molar-refractivity contribution is 5.87. The highest BCUT2D eigenvalue weighted by Crippen LogP contribution is 2.16. The first kappa shape index (κ1) is 62.8. The molecule has 0 saturated heterocycles. The van der Waals surface area contributed by atoms with E-state index in [2.05, 4.69) is 20.8 Å². The molecule has 19 heteroatoms. The van der Waals surface area contributed by atoms with Crippen molar-refractivity contribution in [2.45, 2.75) is 194 Å². The lowest BCUT2D eigenvalue weighted by molar-refractivity contribution is -0.199. The van der Waals surface area contributed by atoms with Gasteiger partial charge in [-0.1, -0.05) is 84.0 Å². The average molecular weight is 959 g/mol. The van der Waals surface area contributed by atoms with Crippen LogP contribution in [0.1, 0.15) is 177 Å². The molecule has 388 valence electrons. The highest BCUT2D eigenvalue weighted by atomic mass is 16.7. The molecule has 0 radical (unpaired) electrons. The number of imide groups is 1. The zero-order chi connectivity index (χ0) is 50.2. The number of carbonyl (C=O) groups is 8. The molecule has 0 bridgehead atoms. The number of hydrogen-bond donors (Lipinski definition) is 3. The summed E-state index contributed by atoms with van der Waals surface area (Å²) in [7, 11) is 0. The Labute approximate surface area is 399 Å². The third-order valence-corrected chi connectivity index (χ3v) is 9.48. The van der Waals surface area contributed by atoms with Crippen LogP contribution in [0.25, 0.3) is 0 Å². The van der Waals surface area contributed by atoms with Gasteiger partial charge in [-0.2, -0.15) is 0 Å². The molecule has 19 nitrogen and oxygen atoms in total. The summed E-state index contributed by atoms with van der Waals surface area (Å²) in [4.78, 5) is 101. The maximum absolute atomic E-state index is 12.9. The third-order valence-electron chi connectivity index (χ3n) is 9.48. The first-order chi connectivity index (χ1) is 31.9. The van der Waals surface area contributed by atoms with Gasteiger partial charge in [0.25, 0.3) is 12.3 Å². The second kappa shape index (κ2) is 39.8. The van der Waals surface area contributed by atoms with Crippen LogP contribution in [0.2, 0.25) is 0 Å². The molecule has 0 aliphatic rings. The van der Waals surface area contributed by atoms with Crippen LogP contribution in [-0.2, 0) is 71.6 Å². The van der Waals surface area contributed by atoms with E-state index in [-0.39, 0.29) is 109 Å². The van der Waals surface area contributed by atoms with Crippen LogP contribution in [0.3, 0.4) is 0 Å². The van der Waals surface area contributed by atoms with Gasteiger partial charge in [-0.05, 0) is 67.2 Å². The Kier molecular flexibility index (Phi) is 37.3. The van der Waals surface area contributed by atoms with Gasteiger partial charge in [-0.15, -0.1) is 5.06 Å². The van der Waals surface area contributed by atoms with E-state index in [9.17, 15) is 38.4 Å². The normalized spacial score (nSPS) is 11.9. The van der Waals surface area contributed by atoms with E-state index in [1.54, 1.807) is 27.7 Å². The van der Waals surface area contributed by atoms with E-state index >= 15 is 0 Å². The summed E-state index contributed by atoms with van der Waals surface area (Å²) in [6.07, 6.45) is 17.1. The first-order valence-electron chi connectivity index (χ1n) is 24.4. The number of ether oxygens (including phenoxy) is 6. The van der Waals surface area contributed by atoms with Crippen LogP contribution >= 0.6 is 0 Å². The van der Waals surface area contributed by atoms with Gasteiger partial charge >= 0.3 is 17.9 Å². The number of nitrogens with zero attached hydrogens (tertiary/aromatic N) is 1. The average Bonchev–Trinajstić information content (AvgIpc) is 3.24. The van der Waals surface area contributed by atoms with Crippen LogP contribution in [-0.4, -0.2) is 136 Å². The topological polar surface area (TPSA) is 240 Å². The Bertz CT molecular complexity index is 1400. The lowest BCUT2D eigenvalue weighted by Crippen LogP contribution is -2.44. The van der Waals surface area contributed by atoms with Gasteiger partial charge in [0.2, 0.25) is 17.7 Å². The molecule has 0 heterocycles. The summed E-state index contributed by atoms with van der Waals surface area (Å²) < 4.78 is 32.0. The molecule has 0 rings (SSSR count). The molecule has 1 atom stereocenters. The van der Waals surface area contributed by atoms with Gasteiger partial charge in [0.1, 0.15) is 30.5 Å².